The van der Waals surface area contributed by atoms with E-state index in [4.69, 9.17) is 9.97 Å². The van der Waals surface area contributed by atoms with Crippen LogP contribution >= 0.6 is 0 Å². The number of hydrogen-bond acceptors (Lipinski definition) is 2. The maximum absolute atomic E-state index is 5.59. The molecule has 55 heavy (non-hydrogen) atoms. The Bertz CT molecular complexity index is 3400. The first kappa shape index (κ1) is 30.4. The molecule has 1 aliphatic rings. The summed E-state index contributed by atoms with van der Waals surface area (Å²) < 4.78 is 4.73. The lowest BCUT2D eigenvalue weighted by molar-refractivity contribution is 0.661. The van der Waals surface area contributed by atoms with E-state index < -0.39 is 0 Å². The van der Waals surface area contributed by atoms with Crippen molar-refractivity contribution >= 4 is 65.3 Å². The number of nitrogens with zero attached hydrogens (tertiary/aromatic N) is 4. The Balaban J connectivity index is 1.18. The molecule has 0 spiro atoms. The zero-order chi connectivity index (χ0) is 36.4. The summed E-state index contributed by atoms with van der Waals surface area (Å²) in [6.07, 6.45) is 0. The van der Waals surface area contributed by atoms with Gasteiger partial charge in [-0.3, -0.25) is 4.57 Å². The fourth-order valence-corrected chi connectivity index (χ4v) is 9.62. The van der Waals surface area contributed by atoms with Crippen LogP contribution in [0.4, 0.5) is 0 Å². The van der Waals surface area contributed by atoms with E-state index in [9.17, 15) is 0 Å². The molecule has 0 atom stereocenters. The molecule has 0 amide bonds. The molecule has 8 aromatic carbocycles. The van der Waals surface area contributed by atoms with Gasteiger partial charge in [0.2, 0.25) is 5.95 Å². The lowest BCUT2D eigenvalue weighted by atomic mass is 9.82. The fourth-order valence-electron chi connectivity index (χ4n) is 9.62. The molecule has 11 aromatic rings. The lowest BCUT2D eigenvalue weighted by Gasteiger charge is -2.21. The van der Waals surface area contributed by atoms with Crippen molar-refractivity contribution in [1.82, 2.24) is 19.1 Å². The summed E-state index contributed by atoms with van der Waals surface area (Å²) in [5.74, 6) is 0.671. The minimum atomic E-state index is -0.130. The monoisotopic (exact) mass is 702 g/mol. The normalized spacial score (nSPS) is 13.4. The van der Waals surface area contributed by atoms with Crippen LogP contribution in [0.5, 0.6) is 0 Å². The molecule has 0 N–H and O–H groups in total. The summed E-state index contributed by atoms with van der Waals surface area (Å²) in [6, 6.07) is 61.4. The van der Waals surface area contributed by atoms with Crippen LogP contribution in [0.25, 0.3) is 99.3 Å². The van der Waals surface area contributed by atoms with Crippen LogP contribution in [0.15, 0.2) is 170 Å². The molecule has 0 aliphatic heterocycles. The van der Waals surface area contributed by atoms with E-state index in [1.165, 1.54) is 60.1 Å². The highest BCUT2D eigenvalue weighted by Crippen LogP contribution is 2.53. The first-order valence-electron chi connectivity index (χ1n) is 19.0. The molecule has 0 saturated carbocycles. The van der Waals surface area contributed by atoms with Gasteiger partial charge in [0.05, 0.1) is 33.3 Å². The first-order chi connectivity index (χ1) is 27.1. The predicted octanol–water partition coefficient (Wildman–Crippen LogP) is 13.0. The Labute approximate surface area is 317 Å². The van der Waals surface area contributed by atoms with Gasteiger partial charge in [-0.25, -0.2) is 9.97 Å². The second kappa shape index (κ2) is 11.0. The quantitative estimate of drug-likeness (QED) is 0.184. The Kier molecular flexibility index (Phi) is 6.09. The minimum absolute atomic E-state index is 0.130. The average Bonchev–Trinajstić information content (AvgIpc) is 3.84. The maximum atomic E-state index is 5.59. The zero-order valence-corrected chi connectivity index (χ0v) is 30.5. The van der Waals surface area contributed by atoms with Crippen LogP contribution in [-0.4, -0.2) is 19.1 Å². The fraction of sp³-hybridized carbons (Fsp3) is 0.0588. The van der Waals surface area contributed by atoms with Crippen molar-refractivity contribution in [3.8, 4) is 34.0 Å². The van der Waals surface area contributed by atoms with Gasteiger partial charge in [-0.2, -0.15) is 0 Å². The second-order valence-corrected chi connectivity index (χ2v) is 15.4. The van der Waals surface area contributed by atoms with Gasteiger partial charge in [0.1, 0.15) is 0 Å². The molecule has 1 aliphatic carbocycles. The van der Waals surface area contributed by atoms with Gasteiger partial charge in [0.15, 0.2) is 0 Å². The van der Waals surface area contributed by atoms with Gasteiger partial charge in [0.25, 0.3) is 0 Å². The summed E-state index contributed by atoms with van der Waals surface area (Å²) in [5, 5.41) is 8.40. The Morgan fingerprint density at radius 2 is 1.20 bits per heavy atom. The standard InChI is InChI=1S/C51H34N4/c1-51(2)40-21-11-8-19-37(40)47-41(51)28-27-36-35-18-10-13-23-43(35)55(49(36)47)50-52-42-22-12-9-20-38(42)48(53-50)32-24-26-39-45(30-32)54(33-15-4-3-5-16-33)44-29-25-31-14-6-7-17-34(31)46(39)44/h3-30H,1-2H3. The van der Waals surface area contributed by atoms with E-state index in [-0.39, 0.29) is 5.41 Å². The predicted molar refractivity (Wildman–Crippen MR) is 229 cm³/mol. The van der Waals surface area contributed by atoms with Gasteiger partial charge >= 0.3 is 0 Å². The van der Waals surface area contributed by atoms with Crippen LogP contribution in [0, 0.1) is 0 Å². The largest absolute Gasteiger partial charge is 0.309 e. The van der Waals surface area contributed by atoms with Gasteiger partial charge in [-0.05, 0) is 63.9 Å². The van der Waals surface area contributed by atoms with Crippen LogP contribution in [-0.2, 0) is 5.41 Å². The van der Waals surface area contributed by atoms with Crippen LogP contribution < -0.4 is 0 Å². The van der Waals surface area contributed by atoms with Crippen molar-refractivity contribution in [1.29, 1.82) is 0 Å². The molecule has 0 bridgehead atoms. The molecule has 0 unspecified atom stereocenters. The summed E-state index contributed by atoms with van der Waals surface area (Å²) in [4.78, 5) is 11.0. The van der Waals surface area contributed by atoms with Crippen molar-refractivity contribution < 1.29 is 0 Å². The van der Waals surface area contributed by atoms with E-state index >= 15 is 0 Å². The van der Waals surface area contributed by atoms with Crippen molar-refractivity contribution in [2.75, 3.05) is 0 Å². The summed E-state index contributed by atoms with van der Waals surface area (Å²) in [5.41, 5.74) is 13.7. The number of para-hydroxylation sites is 3. The molecule has 4 nitrogen and oxygen atoms in total. The van der Waals surface area contributed by atoms with Crippen LogP contribution in [0.1, 0.15) is 25.0 Å². The van der Waals surface area contributed by atoms with Crippen molar-refractivity contribution in [2.24, 2.45) is 0 Å². The average molecular weight is 703 g/mol. The summed E-state index contributed by atoms with van der Waals surface area (Å²) >= 11 is 0. The Morgan fingerprint density at radius 1 is 0.473 bits per heavy atom. The van der Waals surface area contributed by atoms with E-state index in [2.05, 4.69) is 193 Å². The molecule has 3 heterocycles. The SMILES string of the molecule is CC1(C)c2ccccc2-c2c1ccc1c3ccccc3n(-c3nc(-c4ccc5c6c7ccccc7ccc6n(-c6ccccc6)c5c4)c4ccccc4n3)c21. The van der Waals surface area contributed by atoms with Crippen molar-refractivity contribution in [3.05, 3.63) is 181 Å². The van der Waals surface area contributed by atoms with Gasteiger partial charge < -0.3 is 4.57 Å². The maximum Gasteiger partial charge on any atom is 0.235 e. The number of aromatic nitrogens is 4. The van der Waals surface area contributed by atoms with E-state index in [1.807, 2.05) is 0 Å². The van der Waals surface area contributed by atoms with E-state index in [1.54, 1.807) is 0 Å². The summed E-state index contributed by atoms with van der Waals surface area (Å²) in [6.45, 7) is 4.68. The highest BCUT2D eigenvalue weighted by atomic mass is 15.2. The van der Waals surface area contributed by atoms with Gasteiger partial charge in [-0.15, -0.1) is 0 Å². The number of hydrogen-bond donors (Lipinski definition) is 0. The van der Waals surface area contributed by atoms with Gasteiger partial charge in [-0.1, -0.05) is 147 Å². The molecule has 0 fully saturated rings. The molecule has 0 radical (unpaired) electrons. The molecule has 4 heteroatoms. The smallest absolute Gasteiger partial charge is 0.235 e. The topological polar surface area (TPSA) is 35.6 Å². The highest BCUT2D eigenvalue weighted by Gasteiger charge is 2.37. The molecule has 258 valence electrons. The molecule has 12 rings (SSSR count). The first-order valence-corrected chi connectivity index (χ1v) is 19.0. The Hall–Kier alpha value is -7.04. The second-order valence-electron chi connectivity index (χ2n) is 15.4. The zero-order valence-electron chi connectivity index (χ0n) is 30.5. The van der Waals surface area contributed by atoms with E-state index in [0.29, 0.717) is 5.95 Å². The number of rotatable bonds is 3. The molecular weight excluding hydrogens is 669 g/mol. The third-order valence-electron chi connectivity index (χ3n) is 12.1. The Morgan fingerprint density at radius 3 is 2.09 bits per heavy atom. The van der Waals surface area contributed by atoms with Crippen LogP contribution in [0.2, 0.25) is 0 Å². The van der Waals surface area contributed by atoms with Crippen molar-refractivity contribution in [3.63, 3.8) is 0 Å². The molecule has 0 saturated heterocycles. The lowest BCUT2D eigenvalue weighted by Crippen LogP contribution is -2.14. The minimum Gasteiger partial charge on any atom is -0.309 e. The summed E-state index contributed by atoms with van der Waals surface area (Å²) in [7, 11) is 0. The number of benzene rings is 8. The third kappa shape index (κ3) is 4.11. The van der Waals surface area contributed by atoms with Crippen molar-refractivity contribution in [2.45, 2.75) is 19.3 Å². The van der Waals surface area contributed by atoms with Crippen LogP contribution in [0.3, 0.4) is 0 Å². The molecular formula is C51H34N4. The third-order valence-corrected chi connectivity index (χ3v) is 12.1. The molecule has 3 aromatic heterocycles. The van der Waals surface area contributed by atoms with Gasteiger partial charge in [0, 0.05) is 49.2 Å². The van der Waals surface area contributed by atoms with E-state index in [0.717, 1.165) is 44.4 Å². The highest BCUT2D eigenvalue weighted by molar-refractivity contribution is 6.22. The number of fused-ring (bicyclic) bond motifs is 13.